The van der Waals surface area contributed by atoms with Crippen molar-refractivity contribution in [3.8, 4) is 5.75 Å². The van der Waals surface area contributed by atoms with Gasteiger partial charge in [0.05, 0.1) is 23.2 Å². The maximum Gasteiger partial charge on any atom is 0.267 e. The number of carbonyl (C=O) groups excluding carboxylic acids is 2. The molecule has 2 aliphatic heterocycles. The number of nitrogens with zero attached hydrogens (tertiary/aromatic N) is 1. The third-order valence-electron chi connectivity index (χ3n) is 5.70. The van der Waals surface area contributed by atoms with Gasteiger partial charge in [0.2, 0.25) is 0 Å². The van der Waals surface area contributed by atoms with E-state index < -0.39 is 30.8 Å². The monoisotopic (exact) mass is 434 g/mol. The van der Waals surface area contributed by atoms with E-state index in [0.29, 0.717) is 17.0 Å². The second-order valence-corrected chi connectivity index (χ2v) is 8.14. The molecular weight excluding hydrogens is 414 g/mol. The SMILES string of the molecule is CNC(=O)c1ccc(Cc2cc3c(c(Cl)c2C)OC[C@@H]2CC(F)(F)CN2C3=O)cc1. The molecular formula is C22H21ClF2N2O3. The highest BCUT2D eigenvalue weighted by Crippen LogP contribution is 2.41. The molecule has 0 bridgehead atoms. The van der Waals surface area contributed by atoms with Crippen molar-refractivity contribution in [3.63, 3.8) is 0 Å². The van der Waals surface area contributed by atoms with E-state index in [-0.39, 0.29) is 23.8 Å². The van der Waals surface area contributed by atoms with Crippen molar-refractivity contribution in [3.05, 3.63) is 63.2 Å². The number of benzene rings is 2. The van der Waals surface area contributed by atoms with Gasteiger partial charge in [0.25, 0.3) is 17.7 Å². The lowest BCUT2D eigenvalue weighted by atomic mass is 9.96. The number of fused-ring (bicyclic) bond motifs is 2. The third-order valence-corrected chi connectivity index (χ3v) is 6.15. The fourth-order valence-electron chi connectivity index (χ4n) is 4.02. The molecule has 1 saturated heterocycles. The van der Waals surface area contributed by atoms with Gasteiger partial charge in [-0.3, -0.25) is 9.59 Å². The summed E-state index contributed by atoms with van der Waals surface area (Å²) in [5, 5.41) is 2.89. The zero-order valence-corrected chi connectivity index (χ0v) is 17.4. The molecule has 0 saturated carbocycles. The zero-order chi connectivity index (χ0) is 21.6. The van der Waals surface area contributed by atoms with Gasteiger partial charge >= 0.3 is 0 Å². The number of rotatable bonds is 3. The standard InChI is InChI=1S/C22H21ClF2N2O3/c1-12-15(7-13-3-5-14(6-4-13)20(28)26-2)8-17-19(18(12)23)30-10-16-9-22(24,25)11-27(16)21(17)29/h3-6,8,16H,7,9-11H2,1-2H3,(H,26,28)/t16-/m0/s1. The molecule has 0 aliphatic carbocycles. The van der Waals surface area contributed by atoms with Crippen molar-refractivity contribution in [1.29, 1.82) is 0 Å². The van der Waals surface area contributed by atoms with Crippen LogP contribution in [0.25, 0.3) is 0 Å². The van der Waals surface area contributed by atoms with Crippen molar-refractivity contribution >= 4 is 23.4 Å². The molecule has 2 aromatic rings. The van der Waals surface area contributed by atoms with Crippen LogP contribution < -0.4 is 10.1 Å². The van der Waals surface area contributed by atoms with Gasteiger partial charge < -0.3 is 15.0 Å². The van der Waals surface area contributed by atoms with Gasteiger partial charge in [-0.2, -0.15) is 0 Å². The van der Waals surface area contributed by atoms with Crippen LogP contribution in [0.3, 0.4) is 0 Å². The average molecular weight is 435 g/mol. The minimum Gasteiger partial charge on any atom is -0.489 e. The van der Waals surface area contributed by atoms with Crippen molar-refractivity contribution in [1.82, 2.24) is 10.2 Å². The zero-order valence-electron chi connectivity index (χ0n) is 16.6. The van der Waals surface area contributed by atoms with Crippen LogP contribution in [0.4, 0.5) is 8.78 Å². The van der Waals surface area contributed by atoms with Gasteiger partial charge in [-0.1, -0.05) is 23.7 Å². The Morgan fingerprint density at radius 3 is 2.70 bits per heavy atom. The first-order valence-corrected chi connectivity index (χ1v) is 10.0. The number of carbonyl (C=O) groups is 2. The summed E-state index contributed by atoms with van der Waals surface area (Å²) in [6.07, 6.45) is 0.0631. The van der Waals surface area contributed by atoms with Crippen molar-refractivity contribution in [2.45, 2.75) is 31.7 Å². The minimum atomic E-state index is -2.91. The average Bonchev–Trinajstić information content (AvgIpc) is 2.98. The Morgan fingerprint density at radius 1 is 1.33 bits per heavy atom. The lowest BCUT2D eigenvalue weighted by Crippen LogP contribution is -2.37. The lowest BCUT2D eigenvalue weighted by Gasteiger charge is -2.20. The van der Waals surface area contributed by atoms with E-state index >= 15 is 0 Å². The lowest BCUT2D eigenvalue weighted by molar-refractivity contribution is 0.0113. The Labute approximate surface area is 178 Å². The molecule has 0 unspecified atom stereocenters. The van der Waals surface area contributed by atoms with Gasteiger partial charge in [0.15, 0.2) is 5.75 Å². The van der Waals surface area contributed by atoms with Crippen molar-refractivity contribution in [2.75, 3.05) is 20.2 Å². The fourth-order valence-corrected chi connectivity index (χ4v) is 4.30. The van der Waals surface area contributed by atoms with E-state index in [9.17, 15) is 18.4 Å². The molecule has 1 atom stereocenters. The van der Waals surface area contributed by atoms with E-state index in [0.717, 1.165) is 16.7 Å². The molecule has 2 heterocycles. The predicted octanol–water partition coefficient (Wildman–Crippen LogP) is 3.84. The van der Waals surface area contributed by atoms with Crippen LogP contribution in [0.15, 0.2) is 30.3 Å². The molecule has 2 aliphatic rings. The van der Waals surface area contributed by atoms with E-state index in [1.807, 2.05) is 19.1 Å². The van der Waals surface area contributed by atoms with Crippen LogP contribution >= 0.6 is 11.6 Å². The summed E-state index contributed by atoms with van der Waals surface area (Å²) in [5.74, 6) is -3.31. The van der Waals surface area contributed by atoms with Crippen LogP contribution in [0, 0.1) is 6.92 Å². The van der Waals surface area contributed by atoms with E-state index in [1.165, 1.54) is 4.90 Å². The predicted molar refractivity (Wildman–Crippen MR) is 109 cm³/mol. The van der Waals surface area contributed by atoms with Gasteiger partial charge in [-0.05, 0) is 48.2 Å². The molecule has 4 rings (SSSR count). The van der Waals surface area contributed by atoms with Gasteiger partial charge in [-0.15, -0.1) is 0 Å². The van der Waals surface area contributed by atoms with Crippen LogP contribution in [0.2, 0.25) is 5.02 Å². The molecule has 30 heavy (non-hydrogen) atoms. The van der Waals surface area contributed by atoms with Crippen LogP contribution in [0.5, 0.6) is 5.75 Å². The van der Waals surface area contributed by atoms with Crippen molar-refractivity contribution < 1.29 is 23.1 Å². The maximum atomic E-state index is 13.8. The van der Waals surface area contributed by atoms with Gasteiger partial charge in [0.1, 0.15) is 6.61 Å². The maximum absolute atomic E-state index is 13.8. The van der Waals surface area contributed by atoms with Crippen LogP contribution in [0.1, 0.15) is 43.8 Å². The number of nitrogens with one attached hydrogen (secondary N) is 1. The van der Waals surface area contributed by atoms with E-state index in [1.54, 1.807) is 25.2 Å². The summed E-state index contributed by atoms with van der Waals surface area (Å²) in [4.78, 5) is 25.9. The molecule has 1 N–H and O–H groups in total. The van der Waals surface area contributed by atoms with E-state index in [4.69, 9.17) is 16.3 Å². The molecule has 1 fully saturated rings. The summed E-state index contributed by atoms with van der Waals surface area (Å²) in [5.41, 5.74) is 3.25. The summed E-state index contributed by atoms with van der Waals surface area (Å²) in [6.45, 7) is 1.22. The molecule has 5 nitrogen and oxygen atoms in total. The minimum absolute atomic E-state index is 0.00616. The number of hydrogen-bond donors (Lipinski definition) is 1. The van der Waals surface area contributed by atoms with E-state index in [2.05, 4.69) is 5.32 Å². The molecule has 8 heteroatoms. The molecule has 2 amide bonds. The molecule has 2 aromatic carbocycles. The van der Waals surface area contributed by atoms with Gasteiger partial charge in [-0.25, -0.2) is 8.78 Å². The Kier molecular flexibility index (Phi) is 5.18. The Bertz CT molecular complexity index is 1020. The first-order valence-electron chi connectivity index (χ1n) is 9.65. The molecule has 0 aromatic heterocycles. The highest BCUT2D eigenvalue weighted by molar-refractivity contribution is 6.33. The highest BCUT2D eigenvalue weighted by atomic mass is 35.5. The first-order chi connectivity index (χ1) is 14.2. The summed E-state index contributed by atoms with van der Waals surface area (Å²) >= 11 is 6.52. The summed E-state index contributed by atoms with van der Waals surface area (Å²) in [7, 11) is 1.57. The quantitative estimate of drug-likeness (QED) is 0.798. The molecule has 0 radical (unpaired) electrons. The summed E-state index contributed by atoms with van der Waals surface area (Å²) in [6, 6.07) is 8.12. The number of alkyl halides is 2. The topological polar surface area (TPSA) is 58.6 Å². The van der Waals surface area contributed by atoms with Crippen LogP contribution in [-0.2, 0) is 6.42 Å². The normalized spacial score (nSPS) is 19.6. The van der Waals surface area contributed by atoms with Gasteiger partial charge in [0, 0.05) is 19.0 Å². The first kappa shape index (κ1) is 20.6. The third kappa shape index (κ3) is 3.62. The largest absolute Gasteiger partial charge is 0.489 e. The highest BCUT2D eigenvalue weighted by Gasteiger charge is 2.49. The number of amides is 2. The molecule has 0 spiro atoms. The number of hydrogen-bond acceptors (Lipinski definition) is 3. The van der Waals surface area contributed by atoms with Crippen molar-refractivity contribution in [2.24, 2.45) is 0 Å². The Balaban J connectivity index is 1.67. The number of halogens is 3. The summed E-state index contributed by atoms with van der Waals surface area (Å²) < 4.78 is 33.4. The smallest absolute Gasteiger partial charge is 0.267 e. The Hall–Kier alpha value is -2.67. The number of ether oxygens (including phenoxy) is 1. The second-order valence-electron chi connectivity index (χ2n) is 7.76. The van der Waals surface area contributed by atoms with Crippen LogP contribution in [-0.4, -0.2) is 48.9 Å². The Morgan fingerprint density at radius 2 is 2.03 bits per heavy atom. The fraction of sp³-hybridized carbons (Fsp3) is 0.364. The molecule has 158 valence electrons. The second kappa shape index (κ2) is 7.54.